The van der Waals surface area contributed by atoms with Gasteiger partial charge >= 0.3 is 0 Å². The van der Waals surface area contributed by atoms with E-state index in [0.29, 0.717) is 6.23 Å². The maximum absolute atomic E-state index is 5.63. The minimum Gasteiger partial charge on any atom is -0.363 e. The fraction of sp³-hybridized carbons (Fsp3) is 1.00. The highest BCUT2D eigenvalue weighted by molar-refractivity contribution is 4.66. The SMILES string of the molecule is CCCCN(CC)C1CCCO1. The van der Waals surface area contributed by atoms with Crippen LogP contribution in [0.15, 0.2) is 0 Å². The minimum absolute atomic E-state index is 0.432. The van der Waals surface area contributed by atoms with Crippen LogP contribution < -0.4 is 0 Å². The van der Waals surface area contributed by atoms with Crippen molar-refractivity contribution < 1.29 is 4.74 Å². The fourth-order valence-corrected chi connectivity index (χ4v) is 1.72. The molecule has 0 spiro atoms. The summed E-state index contributed by atoms with van der Waals surface area (Å²) >= 11 is 0. The summed E-state index contributed by atoms with van der Waals surface area (Å²) < 4.78 is 5.63. The third kappa shape index (κ3) is 2.76. The van der Waals surface area contributed by atoms with Gasteiger partial charge in [0.25, 0.3) is 0 Å². The average molecular weight is 171 g/mol. The van der Waals surface area contributed by atoms with Crippen molar-refractivity contribution in [1.82, 2.24) is 4.90 Å². The van der Waals surface area contributed by atoms with Crippen molar-refractivity contribution in [3.63, 3.8) is 0 Å². The van der Waals surface area contributed by atoms with E-state index in [1.165, 1.54) is 32.2 Å². The molecule has 1 aliphatic rings. The number of unbranched alkanes of at least 4 members (excludes halogenated alkanes) is 1. The first kappa shape index (κ1) is 10.0. The molecule has 0 bridgehead atoms. The second-order valence-electron chi connectivity index (χ2n) is 3.45. The molecule has 0 aromatic carbocycles. The van der Waals surface area contributed by atoms with E-state index in [4.69, 9.17) is 4.74 Å². The van der Waals surface area contributed by atoms with Gasteiger partial charge in [0.1, 0.15) is 6.23 Å². The molecule has 1 aliphatic heterocycles. The molecule has 0 aromatic heterocycles. The van der Waals surface area contributed by atoms with Crippen molar-refractivity contribution in [2.45, 2.75) is 45.8 Å². The van der Waals surface area contributed by atoms with E-state index in [2.05, 4.69) is 18.7 Å². The molecule has 1 atom stereocenters. The molecule has 1 fully saturated rings. The Hall–Kier alpha value is -0.0800. The first-order valence-corrected chi connectivity index (χ1v) is 5.24. The van der Waals surface area contributed by atoms with E-state index >= 15 is 0 Å². The van der Waals surface area contributed by atoms with Crippen molar-refractivity contribution in [3.05, 3.63) is 0 Å². The summed E-state index contributed by atoms with van der Waals surface area (Å²) in [7, 11) is 0. The molecule has 72 valence electrons. The molecule has 2 heteroatoms. The van der Waals surface area contributed by atoms with Crippen molar-refractivity contribution in [2.24, 2.45) is 0 Å². The lowest BCUT2D eigenvalue weighted by molar-refractivity contribution is -0.0175. The highest BCUT2D eigenvalue weighted by atomic mass is 16.5. The average Bonchev–Trinajstić information content (AvgIpc) is 2.59. The van der Waals surface area contributed by atoms with Crippen LogP contribution in [0.5, 0.6) is 0 Å². The lowest BCUT2D eigenvalue weighted by Crippen LogP contribution is -2.35. The molecule has 1 saturated heterocycles. The van der Waals surface area contributed by atoms with Gasteiger partial charge in [-0.2, -0.15) is 0 Å². The van der Waals surface area contributed by atoms with Crippen LogP contribution in [0.3, 0.4) is 0 Å². The highest BCUT2D eigenvalue weighted by Gasteiger charge is 2.20. The number of hydrogen-bond donors (Lipinski definition) is 0. The second-order valence-corrected chi connectivity index (χ2v) is 3.45. The molecule has 0 aliphatic carbocycles. The molecule has 0 N–H and O–H groups in total. The Kier molecular flexibility index (Phi) is 4.62. The van der Waals surface area contributed by atoms with Crippen LogP contribution in [0, 0.1) is 0 Å². The zero-order valence-corrected chi connectivity index (χ0v) is 8.38. The van der Waals surface area contributed by atoms with Crippen LogP contribution in [-0.4, -0.2) is 30.8 Å². The molecule has 1 heterocycles. The quantitative estimate of drug-likeness (QED) is 0.629. The Bertz CT molecular complexity index is 110. The van der Waals surface area contributed by atoms with Gasteiger partial charge in [0.15, 0.2) is 0 Å². The van der Waals surface area contributed by atoms with Crippen LogP contribution in [0.25, 0.3) is 0 Å². The largest absolute Gasteiger partial charge is 0.363 e. The number of nitrogens with zero attached hydrogens (tertiary/aromatic N) is 1. The van der Waals surface area contributed by atoms with Crippen molar-refractivity contribution in [3.8, 4) is 0 Å². The molecule has 0 aromatic rings. The predicted octanol–water partition coefficient (Wildman–Crippen LogP) is 2.24. The van der Waals surface area contributed by atoms with E-state index in [0.717, 1.165) is 13.2 Å². The number of rotatable bonds is 5. The monoisotopic (exact) mass is 171 g/mol. The van der Waals surface area contributed by atoms with Crippen LogP contribution in [0.4, 0.5) is 0 Å². The Morgan fingerprint density at radius 2 is 2.25 bits per heavy atom. The molecule has 2 nitrogen and oxygen atoms in total. The Morgan fingerprint density at radius 1 is 1.42 bits per heavy atom. The van der Waals surface area contributed by atoms with Gasteiger partial charge < -0.3 is 4.74 Å². The van der Waals surface area contributed by atoms with E-state index in [9.17, 15) is 0 Å². The lowest BCUT2D eigenvalue weighted by atomic mass is 10.2. The number of ether oxygens (including phenoxy) is 1. The first-order valence-electron chi connectivity index (χ1n) is 5.24. The molecule has 1 rings (SSSR count). The summed E-state index contributed by atoms with van der Waals surface area (Å²) in [5.41, 5.74) is 0. The summed E-state index contributed by atoms with van der Waals surface area (Å²) in [5.74, 6) is 0. The van der Waals surface area contributed by atoms with Gasteiger partial charge in [-0.1, -0.05) is 20.3 Å². The zero-order chi connectivity index (χ0) is 8.81. The minimum atomic E-state index is 0.432. The molecule has 12 heavy (non-hydrogen) atoms. The van der Waals surface area contributed by atoms with Crippen molar-refractivity contribution >= 4 is 0 Å². The molecule has 0 saturated carbocycles. The van der Waals surface area contributed by atoms with Gasteiger partial charge in [-0.3, -0.25) is 4.90 Å². The summed E-state index contributed by atoms with van der Waals surface area (Å²) in [6.45, 7) is 7.76. The molecular weight excluding hydrogens is 150 g/mol. The van der Waals surface area contributed by atoms with Crippen molar-refractivity contribution in [2.75, 3.05) is 19.7 Å². The van der Waals surface area contributed by atoms with Crippen LogP contribution in [0.2, 0.25) is 0 Å². The fourth-order valence-electron chi connectivity index (χ4n) is 1.72. The topological polar surface area (TPSA) is 12.5 Å². The second kappa shape index (κ2) is 5.55. The summed E-state index contributed by atoms with van der Waals surface area (Å²) in [6, 6.07) is 0. The maximum atomic E-state index is 5.63. The third-order valence-electron chi connectivity index (χ3n) is 2.52. The lowest BCUT2D eigenvalue weighted by Gasteiger charge is -2.26. The van der Waals surface area contributed by atoms with E-state index in [1.54, 1.807) is 0 Å². The molecular formula is C10H21NO. The Morgan fingerprint density at radius 3 is 2.75 bits per heavy atom. The Labute approximate surface area is 75.9 Å². The molecule has 1 unspecified atom stereocenters. The van der Waals surface area contributed by atoms with E-state index in [-0.39, 0.29) is 0 Å². The van der Waals surface area contributed by atoms with Gasteiger partial charge in [0.2, 0.25) is 0 Å². The van der Waals surface area contributed by atoms with Gasteiger partial charge in [0.05, 0.1) is 0 Å². The van der Waals surface area contributed by atoms with E-state index in [1.807, 2.05) is 0 Å². The van der Waals surface area contributed by atoms with Gasteiger partial charge in [0, 0.05) is 13.2 Å². The number of hydrogen-bond acceptors (Lipinski definition) is 2. The smallest absolute Gasteiger partial charge is 0.110 e. The molecule has 0 radical (unpaired) electrons. The normalized spacial score (nSPS) is 23.8. The van der Waals surface area contributed by atoms with Gasteiger partial charge in [-0.05, 0) is 25.8 Å². The van der Waals surface area contributed by atoms with Crippen LogP contribution in [0.1, 0.15) is 39.5 Å². The van der Waals surface area contributed by atoms with Crippen LogP contribution in [-0.2, 0) is 4.74 Å². The summed E-state index contributed by atoms with van der Waals surface area (Å²) in [5, 5.41) is 0. The first-order chi connectivity index (χ1) is 5.88. The summed E-state index contributed by atoms with van der Waals surface area (Å²) in [4.78, 5) is 2.45. The highest BCUT2D eigenvalue weighted by Crippen LogP contribution is 2.16. The van der Waals surface area contributed by atoms with Gasteiger partial charge in [-0.15, -0.1) is 0 Å². The maximum Gasteiger partial charge on any atom is 0.110 e. The Balaban J connectivity index is 2.22. The standard InChI is InChI=1S/C10H21NO/c1-3-5-8-11(4-2)10-7-6-9-12-10/h10H,3-9H2,1-2H3. The van der Waals surface area contributed by atoms with Crippen LogP contribution >= 0.6 is 0 Å². The zero-order valence-electron chi connectivity index (χ0n) is 8.38. The van der Waals surface area contributed by atoms with Gasteiger partial charge in [-0.25, -0.2) is 0 Å². The van der Waals surface area contributed by atoms with Crippen molar-refractivity contribution in [1.29, 1.82) is 0 Å². The van der Waals surface area contributed by atoms with E-state index < -0.39 is 0 Å². The predicted molar refractivity (Wildman–Crippen MR) is 51.1 cm³/mol. The third-order valence-corrected chi connectivity index (χ3v) is 2.52. The summed E-state index contributed by atoms with van der Waals surface area (Å²) in [6.07, 6.45) is 5.49. The molecule has 0 amide bonds.